The standard InChI is InChI=1S/C22H24N4O5S.C5H13N/c1-13-6-7-14(10-18(13)26-12-17(21(28)29)24-25-26)20(27)23-16-11-15(22(2,3)4)8-9-19(16)32(5,30)31;1-5(2,3)4-6/h6-12H,1-5H3,(H,23,27)(H,28,29);4,6H2,1-3H3. The predicted octanol–water partition coefficient (Wildman–Crippen LogP) is 4.22. The third-order valence-electron chi connectivity index (χ3n) is 5.54. The van der Waals surface area contributed by atoms with Crippen molar-refractivity contribution in [3.05, 3.63) is 65.0 Å². The molecule has 0 bridgehead atoms. The lowest BCUT2D eigenvalue weighted by molar-refractivity contribution is 0.0690. The van der Waals surface area contributed by atoms with Gasteiger partial charge in [0.25, 0.3) is 5.91 Å². The second kappa shape index (κ2) is 11.4. The third kappa shape index (κ3) is 8.22. The average Bonchev–Trinajstić information content (AvgIpc) is 3.28. The monoisotopic (exact) mass is 543 g/mol. The van der Waals surface area contributed by atoms with Crippen molar-refractivity contribution >= 4 is 27.4 Å². The molecule has 0 spiro atoms. The van der Waals surface area contributed by atoms with Crippen molar-refractivity contribution in [2.75, 3.05) is 18.1 Å². The number of nitrogens with two attached hydrogens (primary N) is 1. The summed E-state index contributed by atoms with van der Waals surface area (Å²) in [5, 5.41) is 19.2. The predicted molar refractivity (Wildman–Crippen MR) is 148 cm³/mol. The van der Waals surface area contributed by atoms with Crippen LogP contribution in [0.15, 0.2) is 47.5 Å². The van der Waals surface area contributed by atoms with Gasteiger partial charge in [-0.2, -0.15) is 0 Å². The number of nitrogens with zero attached hydrogens (tertiary/aromatic N) is 3. The first-order valence-corrected chi connectivity index (χ1v) is 13.9. The van der Waals surface area contributed by atoms with Crippen LogP contribution < -0.4 is 11.1 Å². The molecule has 0 unspecified atom stereocenters. The van der Waals surface area contributed by atoms with Gasteiger partial charge in [0.1, 0.15) is 0 Å². The maximum absolute atomic E-state index is 13.0. The Morgan fingerprint density at radius 2 is 1.66 bits per heavy atom. The second-order valence-electron chi connectivity index (χ2n) is 11.3. The number of carboxylic acids is 1. The summed E-state index contributed by atoms with van der Waals surface area (Å²) >= 11 is 0. The Labute approximate surface area is 224 Å². The van der Waals surface area contributed by atoms with Crippen molar-refractivity contribution in [2.24, 2.45) is 11.1 Å². The van der Waals surface area contributed by atoms with Crippen LogP contribution in [0, 0.1) is 12.3 Å². The molecule has 1 aromatic heterocycles. The first-order valence-electron chi connectivity index (χ1n) is 12.0. The van der Waals surface area contributed by atoms with Gasteiger partial charge in [-0.1, -0.05) is 58.9 Å². The number of carboxylic acid groups (broad SMARTS) is 1. The molecule has 2 aromatic carbocycles. The Morgan fingerprint density at radius 3 is 2.13 bits per heavy atom. The van der Waals surface area contributed by atoms with Crippen molar-refractivity contribution < 1.29 is 23.1 Å². The Bertz CT molecular complexity index is 1430. The zero-order valence-corrected chi connectivity index (χ0v) is 24.0. The summed E-state index contributed by atoms with van der Waals surface area (Å²) in [6.07, 6.45) is 2.34. The van der Waals surface area contributed by atoms with Gasteiger partial charge in [-0.15, -0.1) is 5.10 Å². The molecule has 11 heteroatoms. The summed E-state index contributed by atoms with van der Waals surface area (Å²) in [7, 11) is -3.58. The molecule has 10 nitrogen and oxygen atoms in total. The molecule has 206 valence electrons. The summed E-state index contributed by atoms with van der Waals surface area (Å²) in [6, 6.07) is 9.72. The molecular weight excluding hydrogens is 506 g/mol. The molecule has 0 saturated heterocycles. The van der Waals surface area contributed by atoms with Crippen LogP contribution in [-0.2, 0) is 15.3 Å². The quantitative estimate of drug-likeness (QED) is 0.432. The Morgan fingerprint density at radius 1 is 1.05 bits per heavy atom. The van der Waals surface area contributed by atoms with Crippen molar-refractivity contribution in [3.8, 4) is 5.69 Å². The van der Waals surface area contributed by atoms with Crippen LogP contribution >= 0.6 is 0 Å². The second-order valence-corrected chi connectivity index (χ2v) is 13.3. The molecule has 3 aromatic rings. The Balaban J connectivity index is 0.000000757. The largest absolute Gasteiger partial charge is 0.476 e. The van der Waals surface area contributed by atoms with Gasteiger partial charge in [0.05, 0.1) is 22.5 Å². The van der Waals surface area contributed by atoms with Crippen molar-refractivity contribution in [3.63, 3.8) is 0 Å². The molecule has 4 N–H and O–H groups in total. The zero-order chi connectivity index (χ0) is 29.1. The number of aromatic nitrogens is 3. The molecular formula is C27H37N5O5S. The number of anilines is 1. The molecule has 1 heterocycles. The molecule has 0 saturated carbocycles. The van der Waals surface area contributed by atoms with Gasteiger partial charge in [0.2, 0.25) is 0 Å². The highest BCUT2D eigenvalue weighted by Crippen LogP contribution is 2.30. The highest BCUT2D eigenvalue weighted by Gasteiger charge is 2.21. The van der Waals surface area contributed by atoms with E-state index in [1.165, 1.54) is 16.9 Å². The van der Waals surface area contributed by atoms with Crippen molar-refractivity contribution in [1.82, 2.24) is 15.0 Å². The van der Waals surface area contributed by atoms with E-state index >= 15 is 0 Å². The topological polar surface area (TPSA) is 157 Å². The van der Waals surface area contributed by atoms with E-state index < -0.39 is 21.7 Å². The van der Waals surface area contributed by atoms with Crippen LogP contribution in [-0.4, -0.2) is 53.2 Å². The first-order chi connectivity index (χ1) is 17.3. The molecule has 0 fully saturated rings. The molecule has 0 aliphatic heterocycles. The summed E-state index contributed by atoms with van der Waals surface area (Å²) in [6.45, 7) is 14.9. The van der Waals surface area contributed by atoms with E-state index in [4.69, 9.17) is 10.8 Å². The van der Waals surface area contributed by atoms with Crippen molar-refractivity contribution in [1.29, 1.82) is 0 Å². The number of aryl methyl sites for hydroxylation is 1. The molecule has 0 atom stereocenters. The highest BCUT2D eigenvalue weighted by molar-refractivity contribution is 7.90. The zero-order valence-electron chi connectivity index (χ0n) is 23.2. The normalized spacial score (nSPS) is 11.9. The fraction of sp³-hybridized carbons (Fsp3) is 0.407. The maximum Gasteiger partial charge on any atom is 0.358 e. The van der Waals surface area contributed by atoms with Crippen LogP contribution in [0.2, 0.25) is 0 Å². The number of benzene rings is 2. The lowest BCUT2D eigenvalue weighted by atomic mass is 9.87. The van der Waals surface area contributed by atoms with Gasteiger partial charge < -0.3 is 16.2 Å². The number of nitrogens with one attached hydrogen (secondary N) is 1. The fourth-order valence-corrected chi connectivity index (χ4v) is 3.91. The van der Waals surface area contributed by atoms with Crippen LogP contribution in [0.25, 0.3) is 5.69 Å². The molecule has 3 rings (SSSR count). The number of carbonyl (C=O) groups is 2. The average molecular weight is 544 g/mol. The molecule has 1 amide bonds. The Kier molecular flexibility index (Phi) is 9.23. The van der Waals surface area contributed by atoms with Crippen molar-refractivity contribution in [2.45, 2.75) is 58.8 Å². The van der Waals surface area contributed by atoms with E-state index in [2.05, 4.69) is 36.4 Å². The maximum atomic E-state index is 13.0. The van der Waals surface area contributed by atoms with Crippen LogP contribution in [0.5, 0.6) is 0 Å². The summed E-state index contributed by atoms with van der Waals surface area (Å²) in [4.78, 5) is 24.1. The SMILES string of the molecule is CC(C)(C)CN.Cc1ccc(C(=O)Nc2cc(C(C)(C)C)ccc2S(C)(=O)=O)cc1-n1cc(C(=O)O)nn1. The van der Waals surface area contributed by atoms with E-state index in [-0.39, 0.29) is 27.3 Å². The molecule has 38 heavy (non-hydrogen) atoms. The molecule has 0 radical (unpaired) electrons. The van der Waals surface area contributed by atoms with Gasteiger partial charge in [0.15, 0.2) is 15.5 Å². The molecule has 0 aliphatic rings. The lowest BCUT2D eigenvalue weighted by Gasteiger charge is -2.21. The summed E-state index contributed by atoms with van der Waals surface area (Å²) < 4.78 is 25.8. The number of aromatic carboxylic acids is 1. The Hall–Kier alpha value is -3.57. The van der Waals surface area contributed by atoms with E-state index in [9.17, 15) is 18.0 Å². The number of hydrogen-bond donors (Lipinski definition) is 3. The minimum atomic E-state index is -3.58. The number of carbonyl (C=O) groups excluding carboxylic acids is 1. The van der Waals surface area contributed by atoms with Gasteiger partial charge in [0, 0.05) is 11.8 Å². The summed E-state index contributed by atoms with van der Waals surface area (Å²) in [5.74, 6) is -1.73. The van der Waals surface area contributed by atoms with Gasteiger partial charge >= 0.3 is 5.97 Å². The fourth-order valence-electron chi connectivity index (χ4n) is 3.09. The van der Waals surface area contributed by atoms with Crippen LogP contribution in [0.1, 0.15) is 73.5 Å². The lowest BCUT2D eigenvalue weighted by Crippen LogP contribution is -2.18. The minimum Gasteiger partial charge on any atom is -0.476 e. The summed E-state index contributed by atoms with van der Waals surface area (Å²) in [5.41, 5.74) is 7.69. The first kappa shape index (κ1) is 30.7. The third-order valence-corrected chi connectivity index (χ3v) is 6.69. The van der Waals surface area contributed by atoms with Gasteiger partial charge in [-0.05, 0) is 59.7 Å². The number of hydrogen-bond acceptors (Lipinski definition) is 7. The van der Waals surface area contributed by atoms with E-state index in [0.717, 1.165) is 23.9 Å². The van der Waals surface area contributed by atoms with E-state index in [1.54, 1.807) is 37.3 Å². The van der Waals surface area contributed by atoms with Crippen LogP contribution in [0.4, 0.5) is 5.69 Å². The number of rotatable bonds is 5. The van der Waals surface area contributed by atoms with Gasteiger partial charge in [-0.25, -0.2) is 17.9 Å². The smallest absolute Gasteiger partial charge is 0.358 e. The van der Waals surface area contributed by atoms with Gasteiger partial charge in [-0.3, -0.25) is 4.79 Å². The van der Waals surface area contributed by atoms with Crippen LogP contribution in [0.3, 0.4) is 0 Å². The number of amides is 1. The minimum absolute atomic E-state index is 0.0218. The number of sulfone groups is 1. The molecule has 0 aliphatic carbocycles. The van der Waals surface area contributed by atoms with E-state index in [1.807, 2.05) is 20.8 Å². The van der Waals surface area contributed by atoms with E-state index in [0.29, 0.717) is 11.1 Å². The highest BCUT2D eigenvalue weighted by atomic mass is 32.2.